The van der Waals surface area contributed by atoms with Gasteiger partial charge in [0, 0.05) is 37.5 Å². The van der Waals surface area contributed by atoms with Gasteiger partial charge in [-0.25, -0.2) is 0 Å². The Labute approximate surface area is 127 Å². The van der Waals surface area contributed by atoms with E-state index < -0.39 is 0 Å². The Morgan fingerprint density at radius 1 is 0.857 bits per heavy atom. The van der Waals surface area contributed by atoms with Crippen LogP contribution in [0, 0.1) is 17.8 Å². The maximum atomic E-state index is 12.8. The fraction of sp³-hybridized carbons (Fsp3) is 0.882. The van der Waals surface area contributed by atoms with Crippen molar-refractivity contribution in [3.63, 3.8) is 0 Å². The summed E-state index contributed by atoms with van der Waals surface area (Å²) in [5, 5.41) is 0. The molecule has 0 aromatic heterocycles. The predicted octanol–water partition coefficient (Wildman–Crippen LogP) is 2.28. The zero-order chi connectivity index (χ0) is 15.0. The van der Waals surface area contributed by atoms with E-state index in [-0.39, 0.29) is 5.92 Å². The van der Waals surface area contributed by atoms with Crippen molar-refractivity contribution in [3.05, 3.63) is 0 Å². The molecule has 118 valence electrons. The van der Waals surface area contributed by atoms with Crippen LogP contribution >= 0.6 is 0 Å². The minimum absolute atomic E-state index is 0.146. The van der Waals surface area contributed by atoms with Crippen LogP contribution in [0.3, 0.4) is 0 Å². The molecular weight excluding hydrogens is 264 g/mol. The summed E-state index contributed by atoms with van der Waals surface area (Å²) < 4.78 is 0. The molecule has 21 heavy (non-hydrogen) atoms. The Morgan fingerprint density at radius 2 is 1.48 bits per heavy atom. The van der Waals surface area contributed by atoms with Crippen LogP contribution in [0.15, 0.2) is 0 Å². The molecule has 1 unspecified atom stereocenters. The monoisotopic (exact) mass is 292 g/mol. The lowest BCUT2D eigenvalue weighted by atomic mass is 9.93. The Kier molecular flexibility index (Phi) is 4.23. The van der Waals surface area contributed by atoms with Gasteiger partial charge in [-0.2, -0.15) is 0 Å². The maximum Gasteiger partial charge on any atom is 0.226 e. The molecule has 0 bridgehead atoms. The second-order valence-corrected chi connectivity index (χ2v) is 7.36. The number of amides is 2. The first-order chi connectivity index (χ1) is 10.1. The molecule has 2 amide bonds. The zero-order valence-corrected chi connectivity index (χ0v) is 13.4. The molecule has 3 aliphatic rings. The van der Waals surface area contributed by atoms with Crippen molar-refractivity contribution in [2.75, 3.05) is 19.6 Å². The second kappa shape index (κ2) is 5.98. The lowest BCUT2D eigenvalue weighted by Crippen LogP contribution is -2.47. The lowest BCUT2D eigenvalue weighted by Gasteiger charge is -2.36. The zero-order valence-electron chi connectivity index (χ0n) is 13.4. The highest BCUT2D eigenvalue weighted by atomic mass is 16.2. The van der Waals surface area contributed by atoms with E-state index in [9.17, 15) is 9.59 Å². The maximum absolute atomic E-state index is 12.8. The highest BCUT2D eigenvalue weighted by Crippen LogP contribution is 2.33. The van der Waals surface area contributed by atoms with E-state index in [1.165, 1.54) is 0 Å². The van der Waals surface area contributed by atoms with Crippen molar-refractivity contribution in [1.82, 2.24) is 9.80 Å². The molecule has 1 atom stereocenters. The van der Waals surface area contributed by atoms with Gasteiger partial charge in [-0.15, -0.1) is 0 Å². The molecule has 2 aliphatic heterocycles. The number of piperidine rings is 1. The van der Waals surface area contributed by atoms with Gasteiger partial charge in [0.15, 0.2) is 0 Å². The standard InChI is InChI=1S/C17H28N2O2/c1-12(2)15-4-3-9-19(15)17(21)14-7-10-18(11-8-14)16(20)13-5-6-13/h12-15H,3-11H2,1-2H3. The SMILES string of the molecule is CC(C)C1CCCN1C(=O)C1CCN(C(=O)C2CC2)CC1. The average Bonchev–Trinajstić information content (AvgIpc) is 3.22. The average molecular weight is 292 g/mol. The highest BCUT2D eigenvalue weighted by Gasteiger charge is 2.38. The molecule has 4 heteroatoms. The third-order valence-electron chi connectivity index (χ3n) is 5.43. The molecule has 1 saturated carbocycles. The van der Waals surface area contributed by atoms with E-state index in [1.54, 1.807) is 0 Å². The molecule has 1 aliphatic carbocycles. The van der Waals surface area contributed by atoms with E-state index in [1.807, 2.05) is 4.90 Å². The van der Waals surface area contributed by atoms with Crippen molar-refractivity contribution in [1.29, 1.82) is 0 Å². The molecule has 2 heterocycles. The number of rotatable bonds is 3. The van der Waals surface area contributed by atoms with E-state index >= 15 is 0 Å². The Bertz CT molecular complexity index is 409. The summed E-state index contributed by atoms with van der Waals surface area (Å²) in [6, 6.07) is 0.434. The van der Waals surface area contributed by atoms with Crippen LogP contribution in [0.5, 0.6) is 0 Å². The summed E-state index contributed by atoms with van der Waals surface area (Å²) in [7, 11) is 0. The summed E-state index contributed by atoms with van der Waals surface area (Å²) in [6.07, 6.45) is 6.16. The van der Waals surface area contributed by atoms with E-state index in [4.69, 9.17) is 0 Å². The van der Waals surface area contributed by atoms with Gasteiger partial charge in [0.1, 0.15) is 0 Å². The fourth-order valence-corrected chi connectivity index (χ4v) is 3.93. The summed E-state index contributed by atoms with van der Waals surface area (Å²) in [6.45, 7) is 6.93. The van der Waals surface area contributed by atoms with E-state index in [0.29, 0.717) is 29.7 Å². The quantitative estimate of drug-likeness (QED) is 0.800. The highest BCUT2D eigenvalue weighted by molar-refractivity contribution is 5.82. The van der Waals surface area contributed by atoms with Crippen LogP contribution in [0.25, 0.3) is 0 Å². The Hall–Kier alpha value is -1.06. The van der Waals surface area contributed by atoms with Gasteiger partial charge in [0.25, 0.3) is 0 Å². The predicted molar refractivity (Wildman–Crippen MR) is 81.6 cm³/mol. The Balaban J connectivity index is 1.53. The molecular formula is C17H28N2O2. The molecule has 0 aromatic carbocycles. The van der Waals surface area contributed by atoms with Crippen LogP contribution in [0.2, 0.25) is 0 Å². The molecule has 3 fully saturated rings. The molecule has 0 aromatic rings. The van der Waals surface area contributed by atoms with Gasteiger partial charge in [-0.3, -0.25) is 9.59 Å². The van der Waals surface area contributed by atoms with Gasteiger partial charge in [0.05, 0.1) is 0 Å². The van der Waals surface area contributed by atoms with Crippen molar-refractivity contribution in [2.24, 2.45) is 17.8 Å². The first kappa shape index (κ1) is 14.9. The van der Waals surface area contributed by atoms with Crippen molar-refractivity contribution < 1.29 is 9.59 Å². The molecule has 2 saturated heterocycles. The summed E-state index contributed by atoms with van der Waals surface area (Å²) >= 11 is 0. The van der Waals surface area contributed by atoms with Gasteiger partial charge in [-0.1, -0.05) is 13.8 Å². The molecule has 4 nitrogen and oxygen atoms in total. The van der Waals surface area contributed by atoms with Gasteiger partial charge >= 0.3 is 0 Å². The minimum Gasteiger partial charge on any atom is -0.342 e. The number of carbonyl (C=O) groups is 2. The summed E-state index contributed by atoms with van der Waals surface area (Å²) in [5.74, 6) is 1.69. The summed E-state index contributed by atoms with van der Waals surface area (Å²) in [4.78, 5) is 28.9. The largest absolute Gasteiger partial charge is 0.342 e. The summed E-state index contributed by atoms with van der Waals surface area (Å²) in [5.41, 5.74) is 0. The molecule has 0 N–H and O–H groups in total. The van der Waals surface area contributed by atoms with Crippen LogP contribution in [0.4, 0.5) is 0 Å². The number of likely N-dealkylation sites (tertiary alicyclic amines) is 2. The number of nitrogens with zero attached hydrogens (tertiary/aromatic N) is 2. The minimum atomic E-state index is 0.146. The van der Waals surface area contributed by atoms with E-state index in [2.05, 4.69) is 18.7 Å². The van der Waals surface area contributed by atoms with Crippen LogP contribution in [-0.2, 0) is 9.59 Å². The van der Waals surface area contributed by atoms with Gasteiger partial charge in [-0.05, 0) is 44.4 Å². The first-order valence-corrected chi connectivity index (χ1v) is 8.67. The smallest absolute Gasteiger partial charge is 0.226 e. The van der Waals surface area contributed by atoms with Crippen molar-refractivity contribution in [2.45, 2.75) is 58.4 Å². The first-order valence-electron chi connectivity index (χ1n) is 8.67. The fourth-order valence-electron chi connectivity index (χ4n) is 3.93. The Morgan fingerprint density at radius 3 is 2.05 bits per heavy atom. The van der Waals surface area contributed by atoms with E-state index in [0.717, 1.165) is 58.2 Å². The third-order valence-corrected chi connectivity index (χ3v) is 5.43. The van der Waals surface area contributed by atoms with Crippen molar-refractivity contribution in [3.8, 4) is 0 Å². The van der Waals surface area contributed by atoms with Crippen molar-refractivity contribution >= 4 is 11.8 Å². The molecule has 3 rings (SSSR count). The van der Waals surface area contributed by atoms with Crippen LogP contribution in [-0.4, -0.2) is 47.3 Å². The normalized spacial score (nSPS) is 27.5. The second-order valence-electron chi connectivity index (χ2n) is 7.36. The van der Waals surface area contributed by atoms with Crippen LogP contribution < -0.4 is 0 Å². The molecule has 0 radical (unpaired) electrons. The third kappa shape index (κ3) is 3.09. The lowest BCUT2D eigenvalue weighted by molar-refractivity contribution is -0.142. The number of carbonyl (C=O) groups excluding carboxylic acids is 2. The van der Waals surface area contributed by atoms with Gasteiger partial charge in [0.2, 0.25) is 11.8 Å². The number of hydrogen-bond donors (Lipinski definition) is 0. The van der Waals surface area contributed by atoms with Crippen LogP contribution in [0.1, 0.15) is 52.4 Å². The topological polar surface area (TPSA) is 40.6 Å². The molecule has 0 spiro atoms. The number of hydrogen-bond acceptors (Lipinski definition) is 2. The van der Waals surface area contributed by atoms with Gasteiger partial charge < -0.3 is 9.80 Å².